The molecule has 0 aliphatic rings. The minimum absolute atomic E-state index is 0.0512. The molecule has 28 heavy (non-hydrogen) atoms. The van der Waals surface area contributed by atoms with Gasteiger partial charge >= 0.3 is 0 Å². The number of carbonyl (C=O) groups excluding carboxylic acids is 2. The molecule has 0 unspecified atom stereocenters. The van der Waals surface area contributed by atoms with Crippen molar-refractivity contribution in [2.24, 2.45) is 0 Å². The molecule has 0 aliphatic heterocycles. The molecule has 0 radical (unpaired) electrons. The smallest absolute Gasteiger partial charge is 0.224 e. The number of nitrogens with zero attached hydrogens (tertiary/aromatic N) is 2. The molecule has 0 atom stereocenters. The van der Waals surface area contributed by atoms with E-state index in [1.165, 1.54) is 6.92 Å². The first kappa shape index (κ1) is 19.4. The summed E-state index contributed by atoms with van der Waals surface area (Å²) in [5.74, 6) is -0.160. The molecule has 144 valence electrons. The second kappa shape index (κ2) is 8.52. The molecule has 1 heterocycles. The number of para-hydroxylation sites is 1. The van der Waals surface area contributed by atoms with Gasteiger partial charge in [-0.1, -0.05) is 30.3 Å². The van der Waals surface area contributed by atoms with Crippen molar-refractivity contribution in [3.8, 4) is 5.69 Å². The molecule has 1 aromatic heterocycles. The number of nitrogens with one attached hydrogen (secondary N) is 2. The highest BCUT2D eigenvalue weighted by Crippen LogP contribution is 2.18. The monoisotopic (exact) mass is 376 g/mol. The van der Waals surface area contributed by atoms with Gasteiger partial charge in [-0.2, -0.15) is 5.10 Å². The van der Waals surface area contributed by atoms with Crippen molar-refractivity contribution in [2.75, 3.05) is 5.32 Å². The highest BCUT2D eigenvalue weighted by atomic mass is 16.2. The molecule has 0 bridgehead atoms. The lowest BCUT2D eigenvalue weighted by atomic mass is 10.1. The van der Waals surface area contributed by atoms with Crippen LogP contribution < -0.4 is 10.6 Å². The summed E-state index contributed by atoms with van der Waals surface area (Å²) in [5.41, 5.74) is 5.46. The van der Waals surface area contributed by atoms with Gasteiger partial charge < -0.3 is 10.6 Å². The summed E-state index contributed by atoms with van der Waals surface area (Å²) in [6, 6.07) is 17.3. The van der Waals surface area contributed by atoms with E-state index in [0.29, 0.717) is 6.54 Å². The average Bonchev–Trinajstić information content (AvgIpc) is 2.96. The highest BCUT2D eigenvalue weighted by molar-refractivity contribution is 5.88. The van der Waals surface area contributed by atoms with Crippen LogP contribution in [0.3, 0.4) is 0 Å². The van der Waals surface area contributed by atoms with Crippen LogP contribution in [0.2, 0.25) is 0 Å². The SMILES string of the molecule is CC(=O)Nc1ccc(CNC(=O)Cc2c(C)nn(-c3ccccc3)c2C)cc1. The summed E-state index contributed by atoms with van der Waals surface area (Å²) >= 11 is 0. The Morgan fingerprint density at radius 1 is 1.00 bits per heavy atom. The van der Waals surface area contributed by atoms with Gasteiger partial charge in [0.15, 0.2) is 0 Å². The van der Waals surface area contributed by atoms with Crippen LogP contribution in [-0.4, -0.2) is 21.6 Å². The summed E-state index contributed by atoms with van der Waals surface area (Å²) in [5, 5.41) is 10.3. The molecule has 2 amide bonds. The summed E-state index contributed by atoms with van der Waals surface area (Å²) in [7, 11) is 0. The normalized spacial score (nSPS) is 10.5. The van der Waals surface area contributed by atoms with Gasteiger partial charge in [0.2, 0.25) is 11.8 Å². The fourth-order valence-corrected chi connectivity index (χ4v) is 3.08. The van der Waals surface area contributed by atoms with Crippen LogP contribution in [0.15, 0.2) is 54.6 Å². The molecule has 3 rings (SSSR count). The fourth-order valence-electron chi connectivity index (χ4n) is 3.08. The van der Waals surface area contributed by atoms with Crippen molar-refractivity contribution in [3.05, 3.63) is 77.1 Å². The molecule has 6 heteroatoms. The number of hydrogen-bond acceptors (Lipinski definition) is 3. The van der Waals surface area contributed by atoms with Crippen molar-refractivity contribution in [1.29, 1.82) is 0 Å². The zero-order valence-corrected chi connectivity index (χ0v) is 16.3. The fraction of sp³-hybridized carbons (Fsp3) is 0.227. The minimum Gasteiger partial charge on any atom is -0.352 e. The number of anilines is 1. The van der Waals surface area contributed by atoms with Gasteiger partial charge in [0.05, 0.1) is 17.8 Å². The van der Waals surface area contributed by atoms with E-state index in [9.17, 15) is 9.59 Å². The van der Waals surface area contributed by atoms with Crippen LogP contribution >= 0.6 is 0 Å². The van der Waals surface area contributed by atoms with Crippen LogP contribution in [0, 0.1) is 13.8 Å². The van der Waals surface area contributed by atoms with Gasteiger partial charge in [-0.3, -0.25) is 9.59 Å². The van der Waals surface area contributed by atoms with Gasteiger partial charge in [-0.05, 0) is 43.7 Å². The topological polar surface area (TPSA) is 76.0 Å². The lowest BCUT2D eigenvalue weighted by Crippen LogP contribution is -2.25. The van der Waals surface area contributed by atoms with Gasteiger partial charge in [0, 0.05) is 30.4 Å². The quantitative estimate of drug-likeness (QED) is 0.693. The van der Waals surface area contributed by atoms with Crippen molar-refractivity contribution < 1.29 is 9.59 Å². The van der Waals surface area contributed by atoms with E-state index in [-0.39, 0.29) is 18.2 Å². The van der Waals surface area contributed by atoms with Crippen molar-refractivity contribution >= 4 is 17.5 Å². The Kier molecular flexibility index (Phi) is 5.89. The van der Waals surface area contributed by atoms with Crippen LogP contribution in [0.4, 0.5) is 5.69 Å². The molecule has 0 saturated carbocycles. The standard InChI is InChI=1S/C22H24N4O2/c1-15-21(16(2)26(25-15)20-7-5-4-6-8-20)13-22(28)23-14-18-9-11-19(12-10-18)24-17(3)27/h4-12H,13-14H2,1-3H3,(H,23,28)(H,24,27). The maximum atomic E-state index is 12.4. The van der Waals surface area contributed by atoms with Crippen molar-refractivity contribution in [3.63, 3.8) is 0 Å². The van der Waals surface area contributed by atoms with E-state index in [0.717, 1.165) is 33.9 Å². The maximum absolute atomic E-state index is 12.4. The molecule has 3 aromatic rings. The lowest BCUT2D eigenvalue weighted by Gasteiger charge is -2.08. The molecule has 0 saturated heterocycles. The molecule has 0 aliphatic carbocycles. The van der Waals surface area contributed by atoms with E-state index in [1.54, 1.807) is 0 Å². The lowest BCUT2D eigenvalue weighted by molar-refractivity contribution is -0.120. The van der Waals surface area contributed by atoms with Crippen LogP contribution in [0.25, 0.3) is 5.69 Å². The molecular formula is C22H24N4O2. The van der Waals surface area contributed by atoms with Crippen molar-refractivity contribution in [2.45, 2.75) is 33.7 Å². The Labute approximate surface area is 164 Å². The van der Waals surface area contributed by atoms with E-state index in [2.05, 4.69) is 15.7 Å². The molecule has 0 spiro atoms. The summed E-state index contributed by atoms with van der Waals surface area (Å²) in [4.78, 5) is 23.5. The second-order valence-corrected chi connectivity index (χ2v) is 6.73. The highest BCUT2D eigenvalue weighted by Gasteiger charge is 2.15. The molecule has 2 N–H and O–H groups in total. The Bertz CT molecular complexity index is 976. The van der Waals surface area contributed by atoms with E-state index in [4.69, 9.17) is 0 Å². The number of rotatable bonds is 6. The third-order valence-electron chi connectivity index (χ3n) is 4.54. The number of aromatic nitrogens is 2. The summed E-state index contributed by atoms with van der Waals surface area (Å²) in [6.07, 6.45) is 0.286. The maximum Gasteiger partial charge on any atom is 0.224 e. The molecule has 0 fully saturated rings. The van der Waals surface area contributed by atoms with E-state index >= 15 is 0 Å². The Morgan fingerprint density at radius 3 is 2.32 bits per heavy atom. The first-order valence-corrected chi connectivity index (χ1v) is 9.18. The van der Waals surface area contributed by atoms with Crippen molar-refractivity contribution in [1.82, 2.24) is 15.1 Å². The third kappa shape index (κ3) is 4.65. The summed E-state index contributed by atoms with van der Waals surface area (Å²) in [6.45, 7) is 5.81. The Hall–Kier alpha value is -3.41. The zero-order valence-electron chi connectivity index (χ0n) is 16.3. The predicted molar refractivity (Wildman–Crippen MR) is 109 cm³/mol. The molecule has 6 nitrogen and oxygen atoms in total. The second-order valence-electron chi connectivity index (χ2n) is 6.73. The van der Waals surface area contributed by atoms with Gasteiger partial charge in [0.25, 0.3) is 0 Å². The largest absolute Gasteiger partial charge is 0.352 e. The number of hydrogen-bond donors (Lipinski definition) is 2. The Balaban J connectivity index is 1.62. The number of aryl methyl sites for hydroxylation is 1. The van der Waals surface area contributed by atoms with Gasteiger partial charge in [-0.25, -0.2) is 4.68 Å². The van der Waals surface area contributed by atoms with Crippen LogP contribution in [-0.2, 0) is 22.6 Å². The first-order chi connectivity index (χ1) is 13.4. The first-order valence-electron chi connectivity index (χ1n) is 9.18. The minimum atomic E-state index is -0.108. The van der Waals surface area contributed by atoms with Crippen LogP contribution in [0.1, 0.15) is 29.4 Å². The number of amides is 2. The predicted octanol–water partition coefficient (Wildman–Crippen LogP) is 3.31. The Morgan fingerprint density at radius 2 is 1.68 bits per heavy atom. The van der Waals surface area contributed by atoms with E-state index < -0.39 is 0 Å². The number of benzene rings is 2. The summed E-state index contributed by atoms with van der Waals surface area (Å²) < 4.78 is 1.87. The average molecular weight is 376 g/mol. The van der Waals surface area contributed by atoms with Gasteiger partial charge in [-0.15, -0.1) is 0 Å². The molecule has 2 aromatic carbocycles. The number of carbonyl (C=O) groups is 2. The third-order valence-corrected chi connectivity index (χ3v) is 4.54. The van der Waals surface area contributed by atoms with E-state index in [1.807, 2.05) is 73.1 Å². The molecular weight excluding hydrogens is 352 g/mol. The van der Waals surface area contributed by atoms with Gasteiger partial charge in [0.1, 0.15) is 0 Å². The van der Waals surface area contributed by atoms with Crippen LogP contribution in [0.5, 0.6) is 0 Å². The zero-order chi connectivity index (χ0) is 20.1.